The summed E-state index contributed by atoms with van der Waals surface area (Å²) in [6, 6.07) is 4.15. The zero-order chi connectivity index (χ0) is 13.1. The number of carbonyl (C=O) groups is 1. The molecule has 0 aliphatic carbocycles. The summed E-state index contributed by atoms with van der Waals surface area (Å²) in [5.41, 5.74) is 2.54. The maximum atomic E-state index is 12.2. The lowest BCUT2D eigenvalue weighted by Gasteiger charge is -2.27. The summed E-state index contributed by atoms with van der Waals surface area (Å²) in [5, 5.41) is 9.14. The fraction of sp³-hybridized carbons (Fsp3) is 0.571. The fourth-order valence-corrected chi connectivity index (χ4v) is 2.58. The number of likely N-dealkylation sites (tertiary alicyclic amines) is 1. The Balaban J connectivity index is 2.14. The summed E-state index contributed by atoms with van der Waals surface area (Å²) in [7, 11) is 0. The van der Waals surface area contributed by atoms with Crippen LogP contribution in [0.4, 0.5) is 0 Å². The minimum Gasteiger partial charge on any atom is -0.341 e. The summed E-state index contributed by atoms with van der Waals surface area (Å²) in [6.07, 6.45) is 3.41. The van der Waals surface area contributed by atoms with E-state index in [1.807, 2.05) is 29.4 Å². The average molecular weight is 245 g/mol. The summed E-state index contributed by atoms with van der Waals surface area (Å²) < 4.78 is 1.83. The molecule has 96 valence electrons. The Kier molecular flexibility index (Phi) is 3.71. The number of piperidine rings is 1. The number of aromatic nitrogens is 1. The molecular formula is C14H19N3O. The van der Waals surface area contributed by atoms with E-state index < -0.39 is 0 Å². The fourth-order valence-electron chi connectivity index (χ4n) is 2.58. The largest absolute Gasteiger partial charge is 0.341 e. The van der Waals surface area contributed by atoms with Gasteiger partial charge in [-0.2, -0.15) is 5.26 Å². The van der Waals surface area contributed by atoms with E-state index in [1.54, 1.807) is 0 Å². The molecule has 18 heavy (non-hydrogen) atoms. The molecule has 1 saturated heterocycles. The Morgan fingerprint density at radius 2 is 2.00 bits per heavy atom. The first kappa shape index (κ1) is 12.7. The van der Waals surface area contributed by atoms with E-state index in [9.17, 15) is 4.79 Å². The SMILES string of the molecule is Cc1cc(C)n(CC(=O)N2CCCCC2)c1C#N. The van der Waals surface area contributed by atoms with Gasteiger partial charge in [0.2, 0.25) is 5.91 Å². The first-order chi connectivity index (χ1) is 8.63. The van der Waals surface area contributed by atoms with Crippen LogP contribution in [0.2, 0.25) is 0 Å². The van der Waals surface area contributed by atoms with Crippen LogP contribution in [0.15, 0.2) is 6.07 Å². The highest BCUT2D eigenvalue weighted by Gasteiger charge is 2.19. The molecule has 0 spiro atoms. The summed E-state index contributed by atoms with van der Waals surface area (Å²) in [6.45, 7) is 5.87. The van der Waals surface area contributed by atoms with E-state index in [2.05, 4.69) is 6.07 Å². The van der Waals surface area contributed by atoms with Gasteiger partial charge in [0, 0.05) is 18.8 Å². The molecule has 4 heteroatoms. The molecule has 1 aromatic rings. The second-order valence-electron chi connectivity index (χ2n) is 4.96. The second kappa shape index (κ2) is 5.26. The van der Waals surface area contributed by atoms with Crippen molar-refractivity contribution in [3.8, 4) is 6.07 Å². The Morgan fingerprint density at radius 3 is 2.61 bits per heavy atom. The molecule has 0 aromatic carbocycles. The molecule has 0 N–H and O–H groups in total. The summed E-state index contributed by atoms with van der Waals surface area (Å²) in [4.78, 5) is 14.1. The number of rotatable bonds is 2. The van der Waals surface area contributed by atoms with Crippen molar-refractivity contribution in [2.75, 3.05) is 13.1 Å². The van der Waals surface area contributed by atoms with Gasteiger partial charge in [-0.25, -0.2) is 0 Å². The van der Waals surface area contributed by atoms with E-state index in [1.165, 1.54) is 6.42 Å². The van der Waals surface area contributed by atoms with Crippen LogP contribution < -0.4 is 0 Å². The Morgan fingerprint density at radius 1 is 1.33 bits per heavy atom. The summed E-state index contributed by atoms with van der Waals surface area (Å²) >= 11 is 0. The van der Waals surface area contributed by atoms with Crippen LogP contribution in [0.5, 0.6) is 0 Å². The van der Waals surface area contributed by atoms with Crippen molar-refractivity contribution in [2.24, 2.45) is 0 Å². The molecule has 0 unspecified atom stereocenters. The van der Waals surface area contributed by atoms with Crippen LogP contribution in [-0.4, -0.2) is 28.5 Å². The molecule has 0 radical (unpaired) electrons. The highest BCUT2D eigenvalue weighted by molar-refractivity contribution is 5.76. The van der Waals surface area contributed by atoms with Crippen molar-refractivity contribution < 1.29 is 4.79 Å². The predicted molar refractivity (Wildman–Crippen MR) is 69.1 cm³/mol. The number of nitriles is 1. The molecule has 1 aromatic heterocycles. The van der Waals surface area contributed by atoms with E-state index in [4.69, 9.17) is 5.26 Å². The number of aryl methyl sites for hydroxylation is 2. The number of amides is 1. The van der Waals surface area contributed by atoms with Crippen LogP contribution in [-0.2, 0) is 11.3 Å². The third-order valence-electron chi connectivity index (χ3n) is 3.60. The van der Waals surface area contributed by atoms with Crippen LogP contribution in [0.3, 0.4) is 0 Å². The third-order valence-corrected chi connectivity index (χ3v) is 3.60. The van der Waals surface area contributed by atoms with Gasteiger partial charge in [-0.3, -0.25) is 4.79 Å². The van der Waals surface area contributed by atoms with E-state index in [0.717, 1.165) is 37.2 Å². The number of nitrogens with zero attached hydrogens (tertiary/aromatic N) is 3. The molecule has 0 bridgehead atoms. The molecule has 2 heterocycles. The quantitative estimate of drug-likeness (QED) is 0.800. The molecule has 1 aliphatic heterocycles. The average Bonchev–Trinajstić information content (AvgIpc) is 2.64. The predicted octanol–water partition coefficient (Wildman–Crippen LogP) is 1.99. The van der Waals surface area contributed by atoms with E-state index in [0.29, 0.717) is 12.2 Å². The lowest BCUT2D eigenvalue weighted by Crippen LogP contribution is -2.38. The number of hydrogen-bond acceptors (Lipinski definition) is 2. The van der Waals surface area contributed by atoms with Gasteiger partial charge in [0.25, 0.3) is 0 Å². The first-order valence-electron chi connectivity index (χ1n) is 6.48. The third kappa shape index (κ3) is 2.40. The highest BCUT2D eigenvalue weighted by Crippen LogP contribution is 2.15. The maximum absolute atomic E-state index is 12.2. The minimum absolute atomic E-state index is 0.130. The molecule has 1 amide bonds. The second-order valence-corrected chi connectivity index (χ2v) is 4.96. The Hall–Kier alpha value is -1.76. The molecule has 4 nitrogen and oxygen atoms in total. The molecule has 1 fully saturated rings. The van der Waals surface area contributed by atoms with Crippen molar-refractivity contribution in [3.63, 3.8) is 0 Å². The Labute approximate surface area is 108 Å². The van der Waals surface area contributed by atoms with Gasteiger partial charge in [0.1, 0.15) is 18.3 Å². The van der Waals surface area contributed by atoms with Gasteiger partial charge in [-0.1, -0.05) is 0 Å². The molecular weight excluding hydrogens is 226 g/mol. The normalized spacial score (nSPS) is 15.5. The molecule has 0 saturated carbocycles. The van der Waals surface area contributed by atoms with Crippen molar-refractivity contribution in [3.05, 3.63) is 23.0 Å². The van der Waals surface area contributed by atoms with Gasteiger partial charge in [-0.05, 0) is 44.7 Å². The first-order valence-corrected chi connectivity index (χ1v) is 6.48. The number of carbonyl (C=O) groups excluding carboxylic acids is 1. The minimum atomic E-state index is 0.130. The van der Waals surface area contributed by atoms with Crippen molar-refractivity contribution in [1.82, 2.24) is 9.47 Å². The van der Waals surface area contributed by atoms with E-state index >= 15 is 0 Å². The van der Waals surface area contributed by atoms with Crippen LogP contribution in [0.1, 0.15) is 36.2 Å². The monoisotopic (exact) mass is 245 g/mol. The lowest BCUT2D eigenvalue weighted by molar-refractivity contribution is -0.132. The highest BCUT2D eigenvalue weighted by atomic mass is 16.2. The lowest BCUT2D eigenvalue weighted by atomic mass is 10.1. The maximum Gasteiger partial charge on any atom is 0.242 e. The van der Waals surface area contributed by atoms with Crippen molar-refractivity contribution in [2.45, 2.75) is 39.7 Å². The standard InChI is InChI=1S/C14H19N3O/c1-11-8-12(2)17(13(11)9-15)10-14(18)16-6-4-3-5-7-16/h8H,3-7,10H2,1-2H3. The zero-order valence-electron chi connectivity index (χ0n) is 11.1. The van der Waals surface area contributed by atoms with E-state index in [-0.39, 0.29) is 5.91 Å². The van der Waals surface area contributed by atoms with Crippen LogP contribution >= 0.6 is 0 Å². The van der Waals surface area contributed by atoms with Gasteiger partial charge in [0.05, 0.1) is 0 Å². The van der Waals surface area contributed by atoms with Gasteiger partial charge >= 0.3 is 0 Å². The Bertz CT molecular complexity index is 490. The summed E-state index contributed by atoms with van der Waals surface area (Å²) in [5.74, 6) is 0.130. The van der Waals surface area contributed by atoms with Crippen molar-refractivity contribution >= 4 is 5.91 Å². The molecule has 2 rings (SSSR count). The smallest absolute Gasteiger partial charge is 0.242 e. The topological polar surface area (TPSA) is 49.0 Å². The van der Waals surface area contributed by atoms with Crippen LogP contribution in [0.25, 0.3) is 0 Å². The van der Waals surface area contributed by atoms with Gasteiger partial charge in [0.15, 0.2) is 0 Å². The number of hydrogen-bond donors (Lipinski definition) is 0. The molecule has 1 aliphatic rings. The van der Waals surface area contributed by atoms with Crippen LogP contribution in [0, 0.1) is 25.2 Å². The van der Waals surface area contributed by atoms with Gasteiger partial charge < -0.3 is 9.47 Å². The zero-order valence-corrected chi connectivity index (χ0v) is 11.1. The van der Waals surface area contributed by atoms with Crippen molar-refractivity contribution in [1.29, 1.82) is 5.26 Å². The van der Waals surface area contributed by atoms with Gasteiger partial charge in [-0.15, -0.1) is 0 Å². The molecule has 0 atom stereocenters.